The Morgan fingerprint density at radius 2 is 1.94 bits per heavy atom. The molecule has 0 saturated carbocycles. The predicted molar refractivity (Wildman–Crippen MR) is 69.6 cm³/mol. The van der Waals surface area contributed by atoms with Gasteiger partial charge in [-0.2, -0.15) is 0 Å². The molecule has 1 N–H and O–H groups in total. The lowest BCUT2D eigenvalue weighted by Gasteiger charge is -2.08. The van der Waals surface area contributed by atoms with E-state index in [0.717, 1.165) is 10.8 Å². The third-order valence-corrected chi connectivity index (χ3v) is 2.61. The van der Waals surface area contributed by atoms with Crippen LogP contribution in [-0.2, 0) is 9.53 Å². The quantitative estimate of drug-likeness (QED) is 0.825. The second-order valence-corrected chi connectivity index (χ2v) is 3.91. The minimum Gasteiger partial charge on any atom is -0.465 e. The van der Waals surface area contributed by atoms with Gasteiger partial charge in [-0.1, -0.05) is 18.2 Å². The maximum Gasteiger partial charge on any atom is 0.337 e. The molecule has 0 unspecified atom stereocenters. The van der Waals surface area contributed by atoms with Gasteiger partial charge in [0.2, 0.25) is 5.91 Å². The van der Waals surface area contributed by atoms with Crippen LogP contribution in [-0.4, -0.2) is 19.0 Å². The fourth-order valence-corrected chi connectivity index (χ4v) is 1.82. The van der Waals surface area contributed by atoms with E-state index in [0.29, 0.717) is 11.3 Å². The number of amides is 1. The molecule has 0 fully saturated rings. The Bertz CT molecular complexity index is 619. The van der Waals surface area contributed by atoms with Gasteiger partial charge in [-0.3, -0.25) is 4.79 Å². The van der Waals surface area contributed by atoms with E-state index in [1.807, 2.05) is 18.2 Å². The standard InChI is InChI=1S/C14H13NO3/c1-9(16)15-13-5-3-4-10-6-7-11(8-12(10)13)14(17)18-2/h3-8H,1-2H3,(H,15,16). The zero-order valence-electron chi connectivity index (χ0n) is 10.2. The topological polar surface area (TPSA) is 55.4 Å². The lowest BCUT2D eigenvalue weighted by atomic mass is 10.1. The van der Waals surface area contributed by atoms with Crippen LogP contribution < -0.4 is 5.32 Å². The number of rotatable bonds is 2. The molecule has 18 heavy (non-hydrogen) atoms. The smallest absolute Gasteiger partial charge is 0.337 e. The molecule has 0 atom stereocenters. The molecule has 2 rings (SSSR count). The second-order valence-electron chi connectivity index (χ2n) is 3.91. The Labute approximate surface area is 105 Å². The number of benzene rings is 2. The van der Waals surface area contributed by atoms with Gasteiger partial charge in [-0.05, 0) is 23.6 Å². The number of methoxy groups -OCH3 is 1. The van der Waals surface area contributed by atoms with Crippen molar-refractivity contribution < 1.29 is 14.3 Å². The van der Waals surface area contributed by atoms with Crippen molar-refractivity contribution in [3.8, 4) is 0 Å². The fraction of sp³-hybridized carbons (Fsp3) is 0.143. The molecular weight excluding hydrogens is 230 g/mol. The first kappa shape index (κ1) is 12.1. The van der Waals surface area contributed by atoms with E-state index in [2.05, 4.69) is 10.1 Å². The van der Waals surface area contributed by atoms with Crippen LogP contribution in [0.15, 0.2) is 36.4 Å². The van der Waals surface area contributed by atoms with Gasteiger partial charge in [-0.15, -0.1) is 0 Å². The Kier molecular flexibility index (Phi) is 3.28. The van der Waals surface area contributed by atoms with Crippen molar-refractivity contribution >= 4 is 28.3 Å². The Morgan fingerprint density at radius 3 is 2.61 bits per heavy atom. The van der Waals surface area contributed by atoms with Crippen molar-refractivity contribution in [1.82, 2.24) is 0 Å². The summed E-state index contributed by atoms with van der Waals surface area (Å²) in [5, 5.41) is 4.51. The summed E-state index contributed by atoms with van der Waals surface area (Å²) in [6.45, 7) is 1.45. The number of carbonyl (C=O) groups excluding carboxylic acids is 2. The van der Waals surface area contributed by atoms with Crippen molar-refractivity contribution in [2.24, 2.45) is 0 Å². The molecule has 2 aromatic rings. The Hall–Kier alpha value is -2.36. The second kappa shape index (κ2) is 4.87. The zero-order chi connectivity index (χ0) is 13.1. The van der Waals surface area contributed by atoms with Gasteiger partial charge in [0, 0.05) is 18.0 Å². The number of fused-ring (bicyclic) bond motifs is 1. The first-order valence-corrected chi connectivity index (χ1v) is 5.50. The van der Waals surface area contributed by atoms with Gasteiger partial charge in [0.05, 0.1) is 12.7 Å². The number of hydrogen-bond acceptors (Lipinski definition) is 3. The maximum absolute atomic E-state index is 11.5. The fourth-order valence-electron chi connectivity index (χ4n) is 1.82. The SMILES string of the molecule is COC(=O)c1ccc2cccc(NC(C)=O)c2c1. The zero-order valence-corrected chi connectivity index (χ0v) is 10.2. The first-order chi connectivity index (χ1) is 8.61. The molecular formula is C14H13NO3. The van der Waals surface area contributed by atoms with E-state index in [1.165, 1.54) is 14.0 Å². The van der Waals surface area contributed by atoms with Crippen LogP contribution >= 0.6 is 0 Å². The van der Waals surface area contributed by atoms with Crippen molar-refractivity contribution in [2.75, 3.05) is 12.4 Å². The van der Waals surface area contributed by atoms with E-state index in [-0.39, 0.29) is 5.91 Å². The number of carbonyl (C=O) groups is 2. The molecule has 0 spiro atoms. The molecule has 0 radical (unpaired) electrons. The molecule has 0 saturated heterocycles. The lowest BCUT2D eigenvalue weighted by Crippen LogP contribution is -2.06. The van der Waals surface area contributed by atoms with E-state index in [9.17, 15) is 9.59 Å². The van der Waals surface area contributed by atoms with Gasteiger partial charge in [-0.25, -0.2) is 4.79 Å². The van der Waals surface area contributed by atoms with Crippen LogP contribution in [0.1, 0.15) is 17.3 Å². The third kappa shape index (κ3) is 2.32. The average Bonchev–Trinajstić information content (AvgIpc) is 2.37. The van der Waals surface area contributed by atoms with E-state index >= 15 is 0 Å². The maximum atomic E-state index is 11.5. The van der Waals surface area contributed by atoms with Crippen LogP contribution in [0.4, 0.5) is 5.69 Å². The third-order valence-electron chi connectivity index (χ3n) is 2.61. The Morgan fingerprint density at radius 1 is 1.17 bits per heavy atom. The van der Waals surface area contributed by atoms with Crippen molar-refractivity contribution in [2.45, 2.75) is 6.92 Å². The number of nitrogens with one attached hydrogen (secondary N) is 1. The molecule has 4 nitrogen and oxygen atoms in total. The normalized spacial score (nSPS) is 10.1. The van der Waals surface area contributed by atoms with Crippen LogP contribution in [0, 0.1) is 0 Å². The minimum atomic E-state index is -0.394. The summed E-state index contributed by atoms with van der Waals surface area (Å²) in [5.41, 5.74) is 1.15. The lowest BCUT2D eigenvalue weighted by molar-refractivity contribution is -0.114. The molecule has 0 aliphatic carbocycles. The highest BCUT2D eigenvalue weighted by Crippen LogP contribution is 2.24. The minimum absolute atomic E-state index is 0.147. The van der Waals surface area contributed by atoms with E-state index in [1.54, 1.807) is 18.2 Å². The van der Waals surface area contributed by atoms with Crippen molar-refractivity contribution in [1.29, 1.82) is 0 Å². The highest BCUT2D eigenvalue weighted by Gasteiger charge is 2.08. The van der Waals surface area contributed by atoms with Gasteiger partial charge in [0.1, 0.15) is 0 Å². The van der Waals surface area contributed by atoms with E-state index < -0.39 is 5.97 Å². The van der Waals surface area contributed by atoms with Crippen LogP contribution in [0.3, 0.4) is 0 Å². The van der Waals surface area contributed by atoms with Gasteiger partial charge < -0.3 is 10.1 Å². The summed E-state index contributed by atoms with van der Waals surface area (Å²) in [7, 11) is 1.34. The molecule has 0 aliphatic heterocycles. The molecule has 0 aliphatic rings. The highest BCUT2D eigenvalue weighted by molar-refractivity contribution is 6.04. The summed E-state index contributed by atoms with van der Waals surface area (Å²) in [6, 6.07) is 10.8. The van der Waals surface area contributed by atoms with Crippen molar-refractivity contribution in [3.05, 3.63) is 42.0 Å². The molecule has 0 heterocycles. The Balaban J connectivity index is 2.58. The summed E-state index contributed by atoms with van der Waals surface area (Å²) in [6.07, 6.45) is 0. The molecule has 0 bridgehead atoms. The van der Waals surface area contributed by atoms with Gasteiger partial charge in [0.25, 0.3) is 0 Å². The summed E-state index contributed by atoms with van der Waals surface area (Å²) in [4.78, 5) is 22.6. The predicted octanol–water partition coefficient (Wildman–Crippen LogP) is 2.58. The highest BCUT2D eigenvalue weighted by atomic mass is 16.5. The van der Waals surface area contributed by atoms with Crippen LogP contribution in [0.25, 0.3) is 10.8 Å². The molecule has 4 heteroatoms. The molecule has 1 amide bonds. The molecule has 0 aromatic heterocycles. The number of esters is 1. The van der Waals surface area contributed by atoms with Crippen LogP contribution in [0.5, 0.6) is 0 Å². The first-order valence-electron chi connectivity index (χ1n) is 5.50. The van der Waals surface area contributed by atoms with Crippen LogP contribution in [0.2, 0.25) is 0 Å². The number of hydrogen-bond donors (Lipinski definition) is 1. The monoisotopic (exact) mass is 243 g/mol. The number of ether oxygens (including phenoxy) is 1. The average molecular weight is 243 g/mol. The number of anilines is 1. The molecule has 92 valence electrons. The van der Waals surface area contributed by atoms with Gasteiger partial charge in [0.15, 0.2) is 0 Å². The summed E-state index contributed by atoms with van der Waals surface area (Å²) in [5.74, 6) is -0.541. The van der Waals surface area contributed by atoms with Crippen molar-refractivity contribution in [3.63, 3.8) is 0 Å². The summed E-state index contributed by atoms with van der Waals surface area (Å²) < 4.78 is 4.68. The molecule has 2 aromatic carbocycles. The van der Waals surface area contributed by atoms with Gasteiger partial charge >= 0.3 is 5.97 Å². The van der Waals surface area contributed by atoms with E-state index in [4.69, 9.17) is 0 Å². The largest absolute Gasteiger partial charge is 0.465 e. The summed E-state index contributed by atoms with van der Waals surface area (Å²) >= 11 is 0.